The molecule has 1 heterocycles. The summed E-state index contributed by atoms with van der Waals surface area (Å²) in [5.74, 6) is 2.88. The Balaban J connectivity index is 1.72. The van der Waals surface area contributed by atoms with Crippen molar-refractivity contribution in [2.45, 2.75) is 38.6 Å². The van der Waals surface area contributed by atoms with E-state index in [0.717, 1.165) is 24.3 Å². The molecule has 2 aliphatic carbocycles. The van der Waals surface area contributed by atoms with Crippen LogP contribution in [0.5, 0.6) is 0 Å². The molecule has 0 spiro atoms. The van der Waals surface area contributed by atoms with Gasteiger partial charge in [0.05, 0.1) is 0 Å². The number of hydrogen-bond donors (Lipinski definition) is 1. The maximum absolute atomic E-state index is 4.16. The SMILES string of the molecule is CCCNC(c1cncnc1)C1CC2CC2C1. The highest BCUT2D eigenvalue weighted by molar-refractivity contribution is 5.13. The molecule has 0 saturated heterocycles. The van der Waals surface area contributed by atoms with E-state index in [1.54, 1.807) is 6.33 Å². The van der Waals surface area contributed by atoms with Crippen LogP contribution in [0.2, 0.25) is 0 Å². The van der Waals surface area contributed by atoms with E-state index >= 15 is 0 Å². The van der Waals surface area contributed by atoms with E-state index in [2.05, 4.69) is 22.2 Å². The van der Waals surface area contributed by atoms with Crippen molar-refractivity contribution in [1.82, 2.24) is 15.3 Å². The van der Waals surface area contributed by atoms with Gasteiger partial charge in [-0.15, -0.1) is 0 Å². The summed E-state index contributed by atoms with van der Waals surface area (Å²) in [5.41, 5.74) is 1.27. The van der Waals surface area contributed by atoms with Gasteiger partial charge >= 0.3 is 0 Å². The van der Waals surface area contributed by atoms with Crippen LogP contribution in [0.1, 0.15) is 44.2 Å². The number of nitrogens with zero attached hydrogens (tertiary/aromatic N) is 2. The number of aromatic nitrogens is 2. The summed E-state index contributed by atoms with van der Waals surface area (Å²) in [5, 5.41) is 3.69. The van der Waals surface area contributed by atoms with E-state index in [1.807, 2.05) is 12.4 Å². The third kappa shape index (κ3) is 2.34. The number of hydrogen-bond acceptors (Lipinski definition) is 3. The van der Waals surface area contributed by atoms with Crippen LogP contribution >= 0.6 is 0 Å². The molecular weight excluding hydrogens is 210 g/mol. The van der Waals surface area contributed by atoms with Crippen molar-refractivity contribution in [2.24, 2.45) is 17.8 Å². The minimum Gasteiger partial charge on any atom is -0.310 e. The second-order valence-corrected chi connectivity index (χ2v) is 5.59. The average molecular weight is 231 g/mol. The van der Waals surface area contributed by atoms with Crippen LogP contribution in [0.3, 0.4) is 0 Å². The molecule has 2 saturated carbocycles. The zero-order chi connectivity index (χ0) is 11.7. The Hall–Kier alpha value is -0.960. The van der Waals surface area contributed by atoms with E-state index in [4.69, 9.17) is 0 Å². The van der Waals surface area contributed by atoms with Gasteiger partial charge in [-0.25, -0.2) is 9.97 Å². The first-order valence-electron chi connectivity index (χ1n) is 6.86. The van der Waals surface area contributed by atoms with Gasteiger partial charge in [0, 0.05) is 24.0 Å². The highest BCUT2D eigenvalue weighted by Gasteiger charge is 2.48. The monoisotopic (exact) mass is 231 g/mol. The van der Waals surface area contributed by atoms with Gasteiger partial charge in [-0.3, -0.25) is 0 Å². The Kier molecular flexibility index (Phi) is 3.10. The van der Waals surface area contributed by atoms with Crippen molar-refractivity contribution in [1.29, 1.82) is 0 Å². The molecular formula is C14H21N3. The largest absolute Gasteiger partial charge is 0.310 e. The summed E-state index contributed by atoms with van der Waals surface area (Å²) in [4.78, 5) is 8.33. The summed E-state index contributed by atoms with van der Waals surface area (Å²) in [6.45, 7) is 3.31. The van der Waals surface area contributed by atoms with E-state index in [-0.39, 0.29) is 0 Å². The zero-order valence-corrected chi connectivity index (χ0v) is 10.5. The molecule has 1 aromatic heterocycles. The maximum atomic E-state index is 4.16. The molecule has 0 radical (unpaired) electrons. The molecule has 3 unspecified atom stereocenters. The maximum Gasteiger partial charge on any atom is 0.115 e. The Bertz CT molecular complexity index is 355. The first kappa shape index (κ1) is 11.1. The highest BCUT2D eigenvalue weighted by atomic mass is 14.9. The lowest BCUT2D eigenvalue weighted by atomic mass is 9.90. The molecule has 92 valence electrons. The van der Waals surface area contributed by atoms with Crippen LogP contribution in [0.15, 0.2) is 18.7 Å². The second-order valence-electron chi connectivity index (χ2n) is 5.59. The molecule has 0 aromatic carbocycles. The molecule has 2 aliphatic rings. The van der Waals surface area contributed by atoms with Crippen LogP contribution in [0.25, 0.3) is 0 Å². The Labute approximate surface area is 103 Å². The van der Waals surface area contributed by atoms with E-state index in [0.29, 0.717) is 6.04 Å². The normalized spacial score (nSPS) is 32.2. The van der Waals surface area contributed by atoms with Gasteiger partial charge < -0.3 is 5.32 Å². The van der Waals surface area contributed by atoms with Crippen LogP contribution in [-0.2, 0) is 0 Å². The standard InChI is InChI=1S/C14H21N3/c1-2-3-17-14(13-7-15-9-16-8-13)12-5-10-4-11(10)6-12/h7-12,14,17H,2-6H2,1H3. The Morgan fingerprint density at radius 3 is 2.59 bits per heavy atom. The smallest absolute Gasteiger partial charge is 0.115 e. The van der Waals surface area contributed by atoms with E-state index < -0.39 is 0 Å². The van der Waals surface area contributed by atoms with Crippen molar-refractivity contribution in [3.05, 3.63) is 24.3 Å². The van der Waals surface area contributed by atoms with Gasteiger partial charge in [0.15, 0.2) is 0 Å². The van der Waals surface area contributed by atoms with Crippen LogP contribution < -0.4 is 5.32 Å². The first-order valence-corrected chi connectivity index (χ1v) is 6.86. The van der Waals surface area contributed by atoms with Crippen molar-refractivity contribution < 1.29 is 0 Å². The van der Waals surface area contributed by atoms with Crippen molar-refractivity contribution >= 4 is 0 Å². The lowest BCUT2D eigenvalue weighted by Gasteiger charge is -2.25. The molecule has 3 atom stereocenters. The third-order valence-electron chi connectivity index (χ3n) is 4.31. The molecule has 0 aliphatic heterocycles. The van der Waals surface area contributed by atoms with Crippen LogP contribution in [0.4, 0.5) is 0 Å². The fourth-order valence-corrected chi connectivity index (χ4v) is 3.36. The average Bonchev–Trinajstić information content (AvgIpc) is 2.98. The summed E-state index contributed by atoms with van der Waals surface area (Å²) in [6, 6.07) is 0.476. The molecule has 3 heteroatoms. The molecule has 2 fully saturated rings. The topological polar surface area (TPSA) is 37.8 Å². The number of fused-ring (bicyclic) bond motifs is 1. The lowest BCUT2D eigenvalue weighted by Crippen LogP contribution is -2.28. The predicted molar refractivity (Wildman–Crippen MR) is 67.4 cm³/mol. The first-order chi connectivity index (χ1) is 8.38. The molecule has 3 nitrogen and oxygen atoms in total. The predicted octanol–water partition coefficient (Wildman–Crippen LogP) is 2.56. The second kappa shape index (κ2) is 4.73. The molecule has 1 aromatic rings. The van der Waals surface area contributed by atoms with Crippen LogP contribution in [0, 0.1) is 17.8 Å². The molecule has 0 bridgehead atoms. The van der Waals surface area contributed by atoms with Crippen molar-refractivity contribution in [2.75, 3.05) is 6.54 Å². The molecule has 17 heavy (non-hydrogen) atoms. The van der Waals surface area contributed by atoms with Gasteiger partial charge in [-0.1, -0.05) is 6.92 Å². The minimum absolute atomic E-state index is 0.476. The Morgan fingerprint density at radius 2 is 1.94 bits per heavy atom. The quantitative estimate of drug-likeness (QED) is 0.846. The summed E-state index contributed by atoms with van der Waals surface area (Å²) in [7, 11) is 0. The number of nitrogens with one attached hydrogen (secondary N) is 1. The van der Waals surface area contributed by atoms with E-state index in [9.17, 15) is 0 Å². The van der Waals surface area contributed by atoms with Crippen LogP contribution in [-0.4, -0.2) is 16.5 Å². The zero-order valence-electron chi connectivity index (χ0n) is 10.5. The van der Waals surface area contributed by atoms with Crippen molar-refractivity contribution in [3.63, 3.8) is 0 Å². The summed E-state index contributed by atoms with van der Waals surface area (Å²) in [6.07, 6.45) is 11.1. The van der Waals surface area contributed by atoms with Gasteiger partial charge in [0.2, 0.25) is 0 Å². The minimum atomic E-state index is 0.476. The summed E-state index contributed by atoms with van der Waals surface area (Å²) < 4.78 is 0. The summed E-state index contributed by atoms with van der Waals surface area (Å²) >= 11 is 0. The van der Waals surface area contributed by atoms with Gasteiger partial charge in [-0.2, -0.15) is 0 Å². The van der Waals surface area contributed by atoms with Gasteiger partial charge in [-0.05, 0) is 50.0 Å². The molecule has 3 rings (SSSR count). The highest BCUT2D eigenvalue weighted by Crippen LogP contribution is 2.57. The molecule has 0 amide bonds. The van der Waals surface area contributed by atoms with E-state index in [1.165, 1.54) is 31.2 Å². The fourth-order valence-electron chi connectivity index (χ4n) is 3.36. The van der Waals surface area contributed by atoms with Crippen molar-refractivity contribution in [3.8, 4) is 0 Å². The van der Waals surface area contributed by atoms with Gasteiger partial charge in [0.1, 0.15) is 6.33 Å². The third-order valence-corrected chi connectivity index (χ3v) is 4.31. The number of rotatable bonds is 5. The Morgan fingerprint density at radius 1 is 1.24 bits per heavy atom. The van der Waals surface area contributed by atoms with Gasteiger partial charge in [0.25, 0.3) is 0 Å². The fraction of sp³-hybridized carbons (Fsp3) is 0.714. The lowest BCUT2D eigenvalue weighted by molar-refractivity contribution is 0.340. The molecule has 1 N–H and O–H groups in total.